The third-order valence-corrected chi connectivity index (χ3v) is 2.39. The Kier molecular flexibility index (Phi) is 2.02. The van der Waals surface area contributed by atoms with E-state index in [9.17, 15) is 4.79 Å². The number of carboxylic acids is 1. The SMILES string of the molecule is O=C(O)[C@H]1CNCc2ccccc21. The monoisotopic (exact) mass is 177 g/mol. The van der Waals surface area contributed by atoms with Gasteiger partial charge in [0.15, 0.2) is 0 Å². The third kappa shape index (κ3) is 1.42. The van der Waals surface area contributed by atoms with Crippen molar-refractivity contribution in [3.05, 3.63) is 35.4 Å². The molecule has 0 bridgehead atoms. The van der Waals surface area contributed by atoms with Crippen molar-refractivity contribution in [1.82, 2.24) is 5.32 Å². The fraction of sp³-hybridized carbons (Fsp3) is 0.300. The summed E-state index contributed by atoms with van der Waals surface area (Å²) >= 11 is 0. The molecule has 13 heavy (non-hydrogen) atoms. The highest BCUT2D eigenvalue weighted by Gasteiger charge is 2.24. The van der Waals surface area contributed by atoms with Crippen LogP contribution in [-0.2, 0) is 11.3 Å². The van der Waals surface area contributed by atoms with Gasteiger partial charge < -0.3 is 10.4 Å². The van der Waals surface area contributed by atoms with Crippen molar-refractivity contribution in [2.24, 2.45) is 0 Å². The molecule has 0 radical (unpaired) electrons. The van der Waals surface area contributed by atoms with E-state index in [0.717, 1.165) is 17.7 Å². The van der Waals surface area contributed by atoms with Crippen LogP contribution in [0.25, 0.3) is 0 Å². The van der Waals surface area contributed by atoms with E-state index in [2.05, 4.69) is 5.32 Å². The molecule has 0 aliphatic carbocycles. The van der Waals surface area contributed by atoms with E-state index >= 15 is 0 Å². The zero-order valence-electron chi connectivity index (χ0n) is 7.16. The summed E-state index contributed by atoms with van der Waals surface area (Å²) in [7, 11) is 0. The molecule has 0 saturated heterocycles. The number of rotatable bonds is 1. The van der Waals surface area contributed by atoms with E-state index in [1.54, 1.807) is 0 Å². The van der Waals surface area contributed by atoms with Crippen LogP contribution in [0.15, 0.2) is 24.3 Å². The van der Waals surface area contributed by atoms with Gasteiger partial charge in [0.25, 0.3) is 0 Å². The van der Waals surface area contributed by atoms with E-state index in [-0.39, 0.29) is 5.92 Å². The van der Waals surface area contributed by atoms with Crippen molar-refractivity contribution in [2.75, 3.05) is 6.54 Å². The summed E-state index contributed by atoms with van der Waals surface area (Å²) in [5, 5.41) is 12.0. The Morgan fingerprint density at radius 2 is 2.23 bits per heavy atom. The first-order chi connectivity index (χ1) is 6.29. The summed E-state index contributed by atoms with van der Waals surface area (Å²) < 4.78 is 0. The molecule has 2 rings (SSSR count). The normalized spacial score (nSPS) is 20.8. The Labute approximate surface area is 76.4 Å². The Morgan fingerprint density at radius 3 is 3.00 bits per heavy atom. The van der Waals surface area contributed by atoms with E-state index < -0.39 is 5.97 Å². The number of hydrogen-bond donors (Lipinski definition) is 2. The molecule has 3 nitrogen and oxygen atoms in total. The topological polar surface area (TPSA) is 49.3 Å². The summed E-state index contributed by atoms with van der Waals surface area (Å²) in [4.78, 5) is 10.9. The maximum atomic E-state index is 10.9. The van der Waals surface area contributed by atoms with Crippen LogP contribution in [0.2, 0.25) is 0 Å². The van der Waals surface area contributed by atoms with Crippen molar-refractivity contribution in [2.45, 2.75) is 12.5 Å². The average molecular weight is 177 g/mol. The predicted octanol–water partition coefficient (Wildman–Crippen LogP) is 0.958. The van der Waals surface area contributed by atoms with Gasteiger partial charge in [-0.2, -0.15) is 0 Å². The Morgan fingerprint density at radius 1 is 1.46 bits per heavy atom. The molecule has 1 heterocycles. The van der Waals surface area contributed by atoms with Gasteiger partial charge >= 0.3 is 5.97 Å². The van der Waals surface area contributed by atoms with Gasteiger partial charge in [0.2, 0.25) is 0 Å². The first kappa shape index (κ1) is 8.26. The highest BCUT2D eigenvalue weighted by atomic mass is 16.4. The van der Waals surface area contributed by atoms with Crippen LogP contribution in [0.3, 0.4) is 0 Å². The lowest BCUT2D eigenvalue weighted by atomic mass is 9.91. The predicted molar refractivity (Wildman–Crippen MR) is 48.5 cm³/mol. The number of fused-ring (bicyclic) bond motifs is 1. The maximum absolute atomic E-state index is 10.9. The molecule has 0 unspecified atom stereocenters. The molecule has 0 aromatic heterocycles. The van der Waals surface area contributed by atoms with Crippen LogP contribution in [0.5, 0.6) is 0 Å². The summed E-state index contributed by atoms with van der Waals surface area (Å²) in [6.45, 7) is 1.31. The number of nitrogens with one attached hydrogen (secondary N) is 1. The van der Waals surface area contributed by atoms with Crippen LogP contribution >= 0.6 is 0 Å². The lowest BCUT2D eigenvalue weighted by Gasteiger charge is -2.22. The first-order valence-corrected chi connectivity index (χ1v) is 4.30. The van der Waals surface area contributed by atoms with Crippen molar-refractivity contribution in [3.8, 4) is 0 Å². The van der Waals surface area contributed by atoms with Gasteiger partial charge in [-0.05, 0) is 11.1 Å². The van der Waals surface area contributed by atoms with Gasteiger partial charge in [-0.25, -0.2) is 0 Å². The van der Waals surface area contributed by atoms with E-state index in [1.165, 1.54) is 0 Å². The molecule has 1 aliphatic heterocycles. The highest BCUT2D eigenvalue weighted by molar-refractivity contribution is 5.77. The Bertz CT molecular complexity index is 335. The molecule has 0 saturated carbocycles. The average Bonchev–Trinajstić information content (AvgIpc) is 2.17. The Hall–Kier alpha value is -1.35. The Balaban J connectivity index is 2.42. The summed E-state index contributed by atoms with van der Waals surface area (Å²) in [6.07, 6.45) is 0. The fourth-order valence-corrected chi connectivity index (χ4v) is 1.72. The summed E-state index contributed by atoms with van der Waals surface area (Å²) in [5.41, 5.74) is 2.05. The largest absolute Gasteiger partial charge is 0.481 e. The molecule has 1 atom stereocenters. The zero-order valence-corrected chi connectivity index (χ0v) is 7.16. The molecule has 1 aliphatic rings. The quantitative estimate of drug-likeness (QED) is 0.671. The minimum absolute atomic E-state index is 0.384. The van der Waals surface area contributed by atoms with E-state index in [4.69, 9.17) is 5.11 Å². The minimum atomic E-state index is -0.750. The molecule has 0 amide bonds. The lowest BCUT2D eigenvalue weighted by Crippen LogP contribution is -2.32. The molecule has 1 aromatic carbocycles. The molecule has 68 valence electrons. The van der Waals surface area contributed by atoms with Gasteiger partial charge in [0.1, 0.15) is 0 Å². The number of carbonyl (C=O) groups is 1. The smallest absolute Gasteiger partial charge is 0.312 e. The van der Waals surface area contributed by atoms with Gasteiger partial charge in [-0.1, -0.05) is 24.3 Å². The number of carboxylic acid groups (broad SMARTS) is 1. The van der Waals surface area contributed by atoms with Crippen molar-refractivity contribution < 1.29 is 9.90 Å². The fourth-order valence-electron chi connectivity index (χ4n) is 1.72. The lowest BCUT2D eigenvalue weighted by molar-refractivity contribution is -0.138. The molecule has 0 spiro atoms. The summed E-state index contributed by atoms with van der Waals surface area (Å²) in [5.74, 6) is -1.13. The van der Waals surface area contributed by atoms with Crippen LogP contribution in [0, 0.1) is 0 Å². The van der Waals surface area contributed by atoms with E-state index in [1.807, 2.05) is 24.3 Å². The number of hydrogen-bond acceptors (Lipinski definition) is 2. The third-order valence-electron chi connectivity index (χ3n) is 2.39. The van der Waals surface area contributed by atoms with Crippen molar-refractivity contribution in [3.63, 3.8) is 0 Å². The molecule has 0 fully saturated rings. The van der Waals surface area contributed by atoms with Crippen molar-refractivity contribution >= 4 is 5.97 Å². The van der Waals surface area contributed by atoms with Gasteiger partial charge in [0.05, 0.1) is 5.92 Å². The van der Waals surface area contributed by atoms with Gasteiger partial charge in [0, 0.05) is 13.1 Å². The van der Waals surface area contributed by atoms with Crippen LogP contribution in [-0.4, -0.2) is 17.6 Å². The van der Waals surface area contributed by atoms with E-state index in [0.29, 0.717) is 6.54 Å². The molecule has 1 aromatic rings. The standard InChI is InChI=1S/C10H11NO2/c12-10(13)9-6-11-5-7-3-1-2-4-8(7)9/h1-4,9,11H,5-6H2,(H,12,13)/t9-/m0/s1. The number of benzene rings is 1. The van der Waals surface area contributed by atoms with Gasteiger partial charge in [-0.15, -0.1) is 0 Å². The molecular formula is C10H11NO2. The minimum Gasteiger partial charge on any atom is -0.481 e. The second-order valence-corrected chi connectivity index (χ2v) is 3.22. The molecule has 2 N–H and O–H groups in total. The van der Waals surface area contributed by atoms with Crippen molar-refractivity contribution in [1.29, 1.82) is 0 Å². The molecular weight excluding hydrogens is 166 g/mol. The molecule has 3 heteroatoms. The van der Waals surface area contributed by atoms with Crippen LogP contribution < -0.4 is 5.32 Å². The number of aliphatic carboxylic acids is 1. The highest BCUT2D eigenvalue weighted by Crippen LogP contribution is 2.23. The first-order valence-electron chi connectivity index (χ1n) is 4.30. The second kappa shape index (κ2) is 3.18. The second-order valence-electron chi connectivity index (χ2n) is 3.22. The zero-order chi connectivity index (χ0) is 9.26. The maximum Gasteiger partial charge on any atom is 0.312 e. The summed E-state index contributed by atoms with van der Waals surface area (Å²) in [6, 6.07) is 7.69. The van der Waals surface area contributed by atoms with Gasteiger partial charge in [-0.3, -0.25) is 4.79 Å². The van der Waals surface area contributed by atoms with Crippen LogP contribution in [0.4, 0.5) is 0 Å². The van der Waals surface area contributed by atoms with Crippen LogP contribution in [0.1, 0.15) is 17.0 Å².